The number of aromatic amines is 1. The predicted octanol–water partition coefficient (Wildman–Crippen LogP) is 4.84. The molecule has 2 atom stereocenters. The number of hydrogen-bond acceptors (Lipinski definition) is 6. The number of aliphatic imine (C=N–C) groups is 1. The number of carbonyl (C=O) groups excluding carboxylic acids is 1. The molecule has 0 fully saturated rings. The maximum Gasteiger partial charge on any atom is 0.416 e. The molecular formula is C31H33F3N6O3. The Hall–Kier alpha value is -5.00. The number of halogens is 3. The number of carbonyl (C=O) groups is 2. The van der Waals surface area contributed by atoms with Gasteiger partial charge in [-0.25, -0.2) is 4.79 Å². The van der Waals surface area contributed by atoms with E-state index in [0.717, 1.165) is 40.7 Å². The van der Waals surface area contributed by atoms with Crippen LogP contribution in [0.5, 0.6) is 0 Å². The van der Waals surface area contributed by atoms with Gasteiger partial charge >= 0.3 is 12.1 Å². The predicted molar refractivity (Wildman–Crippen MR) is 159 cm³/mol. The quantitative estimate of drug-likeness (QED) is 0.205. The monoisotopic (exact) mass is 594 g/mol. The average molecular weight is 595 g/mol. The van der Waals surface area contributed by atoms with E-state index in [2.05, 4.69) is 39.1 Å². The first kappa shape index (κ1) is 30.9. The smallest absolute Gasteiger partial charge is 0.416 e. The lowest BCUT2D eigenvalue weighted by atomic mass is 9.98. The summed E-state index contributed by atoms with van der Waals surface area (Å²) in [6.07, 6.45) is 1.82. The van der Waals surface area contributed by atoms with Gasteiger partial charge in [-0.3, -0.25) is 9.79 Å². The van der Waals surface area contributed by atoms with Crippen molar-refractivity contribution in [1.82, 2.24) is 25.8 Å². The van der Waals surface area contributed by atoms with E-state index >= 15 is 0 Å². The second-order valence-electron chi connectivity index (χ2n) is 10.6. The minimum atomic E-state index is -4.55. The van der Waals surface area contributed by atoms with Crippen molar-refractivity contribution in [3.8, 4) is 0 Å². The summed E-state index contributed by atoms with van der Waals surface area (Å²) in [6, 6.07) is 9.44. The molecule has 5 N–H and O–H groups in total. The molecule has 2 heterocycles. The first-order valence-corrected chi connectivity index (χ1v) is 13.4. The molecule has 0 bridgehead atoms. The van der Waals surface area contributed by atoms with Crippen LogP contribution < -0.4 is 16.0 Å². The highest BCUT2D eigenvalue weighted by Gasteiger charge is 2.33. The van der Waals surface area contributed by atoms with E-state index in [1.165, 1.54) is 23.6 Å². The molecule has 1 aromatic heterocycles. The Bertz CT molecular complexity index is 1570. The molecule has 1 aliphatic heterocycles. The molecule has 0 radical (unpaired) electrons. The van der Waals surface area contributed by atoms with Crippen molar-refractivity contribution in [2.24, 2.45) is 4.99 Å². The zero-order valence-corrected chi connectivity index (χ0v) is 23.7. The molecule has 2 unspecified atom stereocenters. The number of aromatic nitrogens is 1. The molecule has 3 aromatic rings. The Morgan fingerprint density at radius 2 is 1.86 bits per heavy atom. The number of para-hydroxylation sites is 1. The Kier molecular flexibility index (Phi) is 8.98. The minimum Gasteiger partial charge on any atom is -0.479 e. The van der Waals surface area contributed by atoms with Crippen LogP contribution in [0.15, 0.2) is 96.7 Å². The topological polar surface area (TPSA) is 122 Å². The molecule has 226 valence electrons. The van der Waals surface area contributed by atoms with Crippen molar-refractivity contribution in [1.29, 1.82) is 0 Å². The fourth-order valence-electron chi connectivity index (χ4n) is 4.71. The van der Waals surface area contributed by atoms with E-state index in [1.54, 1.807) is 0 Å². The molecule has 1 aliphatic rings. The first-order chi connectivity index (χ1) is 20.3. The summed E-state index contributed by atoms with van der Waals surface area (Å²) < 4.78 is 39.1. The number of hydrogen-bond donors (Lipinski definition) is 5. The second-order valence-corrected chi connectivity index (χ2v) is 10.6. The SMILES string of the molecule is C=CNC(C)(C)C(=C)NC(Cc1c[nH]c2ccccc12)C(=O)NC1=CN(C(C(=O)O)c2ccc(C(F)(F)F)cc2)C=NC1. The molecule has 1 amide bonds. The average Bonchev–Trinajstić information content (AvgIpc) is 3.35. The Labute approximate surface area is 246 Å². The summed E-state index contributed by atoms with van der Waals surface area (Å²) in [5.74, 6) is -1.72. The van der Waals surface area contributed by atoms with Crippen LogP contribution in [0.25, 0.3) is 10.9 Å². The minimum absolute atomic E-state index is 0.0614. The molecule has 0 spiro atoms. The van der Waals surface area contributed by atoms with Crippen molar-refractivity contribution in [3.05, 3.63) is 108 Å². The first-order valence-electron chi connectivity index (χ1n) is 13.4. The Morgan fingerprint density at radius 1 is 1.16 bits per heavy atom. The summed E-state index contributed by atoms with van der Waals surface area (Å²) >= 11 is 0. The van der Waals surface area contributed by atoms with Gasteiger partial charge in [0.25, 0.3) is 0 Å². The third-order valence-electron chi connectivity index (χ3n) is 7.13. The van der Waals surface area contributed by atoms with Gasteiger partial charge in [0.1, 0.15) is 6.04 Å². The maximum absolute atomic E-state index is 13.7. The molecule has 0 saturated heterocycles. The lowest BCUT2D eigenvalue weighted by molar-refractivity contribution is -0.141. The van der Waals surface area contributed by atoms with Gasteiger partial charge in [0.05, 0.1) is 29.7 Å². The number of nitrogens with zero attached hydrogens (tertiary/aromatic N) is 2. The summed E-state index contributed by atoms with van der Waals surface area (Å²) in [5, 5.41) is 20.1. The number of carboxylic acid groups (broad SMARTS) is 1. The highest BCUT2D eigenvalue weighted by atomic mass is 19.4. The van der Waals surface area contributed by atoms with Gasteiger partial charge < -0.3 is 30.9 Å². The Morgan fingerprint density at radius 3 is 2.51 bits per heavy atom. The van der Waals surface area contributed by atoms with Gasteiger partial charge in [0, 0.05) is 35.4 Å². The summed E-state index contributed by atoms with van der Waals surface area (Å²) in [6.45, 7) is 11.7. The van der Waals surface area contributed by atoms with E-state index < -0.39 is 41.2 Å². The van der Waals surface area contributed by atoms with Crippen LogP contribution in [-0.4, -0.2) is 51.3 Å². The van der Waals surface area contributed by atoms with Crippen molar-refractivity contribution < 1.29 is 27.9 Å². The van der Waals surface area contributed by atoms with Gasteiger partial charge in [-0.2, -0.15) is 13.2 Å². The van der Waals surface area contributed by atoms with Gasteiger partial charge in [0.15, 0.2) is 6.04 Å². The van der Waals surface area contributed by atoms with Crippen molar-refractivity contribution in [3.63, 3.8) is 0 Å². The van der Waals surface area contributed by atoms with Crippen molar-refractivity contribution in [2.75, 3.05) is 6.54 Å². The summed E-state index contributed by atoms with van der Waals surface area (Å²) in [5.41, 5.74) is 1.26. The van der Waals surface area contributed by atoms with E-state index in [-0.39, 0.29) is 12.1 Å². The van der Waals surface area contributed by atoms with Gasteiger partial charge in [-0.1, -0.05) is 43.5 Å². The molecule has 4 rings (SSSR count). The second kappa shape index (κ2) is 12.5. The van der Waals surface area contributed by atoms with Crippen molar-refractivity contribution in [2.45, 2.75) is 44.1 Å². The number of benzene rings is 2. The van der Waals surface area contributed by atoms with E-state index in [9.17, 15) is 27.9 Å². The maximum atomic E-state index is 13.7. The van der Waals surface area contributed by atoms with Crippen LogP contribution in [0.1, 0.15) is 36.6 Å². The molecule has 12 heteroatoms. The van der Waals surface area contributed by atoms with Crippen molar-refractivity contribution >= 4 is 29.1 Å². The van der Waals surface area contributed by atoms with Gasteiger partial charge in [-0.05, 0) is 49.4 Å². The number of H-pyrrole nitrogens is 1. The number of nitrogens with one attached hydrogen (secondary N) is 4. The third kappa shape index (κ3) is 7.26. The highest BCUT2D eigenvalue weighted by molar-refractivity contribution is 5.87. The van der Waals surface area contributed by atoms with Crippen LogP contribution in [0.4, 0.5) is 13.2 Å². The fraction of sp³-hybridized carbons (Fsp3) is 0.258. The zero-order valence-electron chi connectivity index (χ0n) is 23.7. The number of carboxylic acids is 1. The number of amides is 1. The lowest BCUT2D eigenvalue weighted by Crippen LogP contribution is -2.51. The number of alkyl halides is 3. The molecular weight excluding hydrogens is 561 g/mol. The standard InChI is InChI=1S/C31H33F3N6O3/c1-5-37-30(3,4)19(2)38-26(14-21-15-36-25-9-7-6-8-24(21)25)28(41)39-23-16-35-18-40(17-23)27(29(42)43)20-10-12-22(13-11-20)31(32,33)34/h5-13,15,17-18,26-27,36-38H,1-2,14,16H2,3-4H3,(H,39,41)(H,42,43). The van der Waals surface area contributed by atoms with E-state index in [1.807, 2.05) is 44.3 Å². The highest BCUT2D eigenvalue weighted by Crippen LogP contribution is 2.31. The van der Waals surface area contributed by atoms with Gasteiger partial charge in [-0.15, -0.1) is 0 Å². The van der Waals surface area contributed by atoms with E-state index in [0.29, 0.717) is 17.8 Å². The number of aliphatic carboxylic acids is 1. The Balaban J connectivity index is 1.58. The van der Waals surface area contributed by atoms with Crippen LogP contribution in [0.2, 0.25) is 0 Å². The van der Waals surface area contributed by atoms with E-state index in [4.69, 9.17) is 0 Å². The van der Waals surface area contributed by atoms with Crippen LogP contribution in [-0.2, 0) is 22.2 Å². The van der Waals surface area contributed by atoms with Crippen LogP contribution >= 0.6 is 0 Å². The number of rotatable bonds is 12. The normalized spacial score (nSPS) is 14.9. The molecule has 0 saturated carbocycles. The molecule has 43 heavy (non-hydrogen) atoms. The fourth-order valence-corrected chi connectivity index (χ4v) is 4.71. The summed E-state index contributed by atoms with van der Waals surface area (Å²) in [4.78, 5) is 34.5. The molecule has 0 aliphatic carbocycles. The number of fused-ring (bicyclic) bond motifs is 1. The lowest BCUT2D eigenvalue weighted by Gasteiger charge is -2.32. The van der Waals surface area contributed by atoms with Crippen LogP contribution in [0.3, 0.4) is 0 Å². The van der Waals surface area contributed by atoms with Crippen LogP contribution in [0, 0.1) is 0 Å². The third-order valence-corrected chi connectivity index (χ3v) is 7.13. The largest absolute Gasteiger partial charge is 0.479 e. The molecule has 9 nitrogen and oxygen atoms in total. The summed E-state index contributed by atoms with van der Waals surface area (Å²) in [7, 11) is 0. The van der Waals surface area contributed by atoms with Gasteiger partial charge in [0.2, 0.25) is 5.91 Å². The zero-order chi connectivity index (χ0) is 31.4. The molecule has 2 aromatic carbocycles.